The van der Waals surface area contributed by atoms with Crippen molar-refractivity contribution in [2.45, 2.75) is 6.54 Å². The summed E-state index contributed by atoms with van der Waals surface area (Å²) in [5, 5.41) is 12.8. The van der Waals surface area contributed by atoms with Gasteiger partial charge in [0.05, 0.1) is 18.3 Å². The number of hydrogen-bond donors (Lipinski definition) is 0. The lowest BCUT2D eigenvalue weighted by molar-refractivity contribution is 0.622. The van der Waals surface area contributed by atoms with E-state index >= 15 is 0 Å². The molecule has 0 bridgehead atoms. The van der Waals surface area contributed by atoms with Crippen LogP contribution in [0.4, 0.5) is 4.39 Å². The summed E-state index contributed by atoms with van der Waals surface area (Å²) in [4.78, 5) is 12.2. The number of fused-ring (bicyclic) bond motifs is 1. The van der Waals surface area contributed by atoms with Gasteiger partial charge in [0.2, 0.25) is 0 Å². The zero-order valence-corrected chi connectivity index (χ0v) is 10.3. The van der Waals surface area contributed by atoms with Crippen molar-refractivity contribution in [3.8, 4) is 6.07 Å². The Bertz CT molecular complexity index is 888. The van der Waals surface area contributed by atoms with Gasteiger partial charge in [-0.2, -0.15) is 10.4 Å². The summed E-state index contributed by atoms with van der Waals surface area (Å²) in [7, 11) is 0. The van der Waals surface area contributed by atoms with E-state index in [4.69, 9.17) is 5.26 Å². The molecule has 0 radical (unpaired) electrons. The van der Waals surface area contributed by atoms with Gasteiger partial charge in [-0.25, -0.2) is 8.91 Å². The third-order valence-electron chi connectivity index (χ3n) is 3.04. The van der Waals surface area contributed by atoms with Crippen LogP contribution in [0, 0.1) is 17.1 Å². The van der Waals surface area contributed by atoms with Crippen molar-refractivity contribution in [1.29, 1.82) is 5.26 Å². The largest absolute Gasteiger partial charge is 0.308 e. The average Bonchev–Trinajstić information content (AvgIpc) is 2.93. The summed E-state index contributed by atoms with van der Waals surface area (Å²) < 4.78 is 16.2. The van der Waals surface area contributed by atoms with Crippen molar-refractivity contribution in [1.82, 2.24) is 14.2 Å². The lowest BCUT2D eigenvalue weighted by Gasteiger charge is -2.07. The second-order valence-electron chi connectivity index (χ2n) is 4.32. The first-order valence-electron chi connectivity index (χ1n) is 5.90. The molecule has 98 valence electrons. The summed E-state index contributed by atoms with van der Waals surface area (Å²) in [5.41, 5.74) is 0.942. The second kappa shape index (κ2) is 4.63. The summed E-state index contributed by atoms with van der Waals surface area (Å²) in [6, 6.07) is 7.65. The van der Waals surface area contributed by atoms with Gasteiger partial charge < -0.3 is 4.57 Å². The molecule has 0 N–H and O–H groups in total. The highest BCUT2D eigenvalue weighted by Gasteiger charge is 2.06. The Morgan fingerprint density at radius 2 is 2.15 bits per heavy atom. The minimum atomic E-state index is -0.560. The van der Waals surface area contributed by atoms with Crippen molar-refractivity contribution in [3.05, 3.63) is 70.2 Å². The Hall–Kier alpha value is -2.94. The van der Waals surface area contributed by atoms with Crippen molar-refractivity contribution in [3.63, 3.8) is 0 Å². The monoisotopic (exact) mass is 268 g/mol. The standard InChI is InChI=1S/C14H9FN4O/c15-12-2-1-10(7-11(12)8-16)9-18-5-6-19-13(14(18)20)3-4-17-19/h1-7H,9H2. The molecular weight excluding hydrogens is 259 g/mol. The second-order valence-corrected chi connectivity index (χ2v) is 4.32. The van der Waals surface area contributed by atoms with Crippen LogP contribution in [0.5, 0.6) is 0 Å². The van der Waals surface area contributed by atoms with E-state index in [0.717, 1.165) is 0 Å². The molecule has 0 amide bonds. The smallest absolute Gasteiger partial charge is 0.276 e. The summed E-state index contributed by atoms with van der Waals surface area (Å²) in [6.07, 6.45) is 4.83. The molecule has 0 aliphatic carbocycles. The highest BCUT2D eigenvalue weighted by atomic mass is 19.1. The maximum Gasteiger partial charge on any atom is 0.276 e. The fourth-order valence-electron chi connectivity index (χ4n) is 2.04. The van der Waals surface area contributed by atoms with Gasteiger partial charge in [-0.15, -0.1) is 0 Å². The van der Waals surface area contributed by atoms with E-state index < -0.39 is 5.82 Å². The first-order chi connectivity index (χ1) is 9.69. The van der Waals surface area contributed by atoms with Gasteiger partial charge in [0, 0.05) is 12.4 Å². The fraction of sp³-hybridized carbons (Fsp3) is 0.0714. The summed E-state index contributed by atoms with van der Waals surface area (Å²) >= 11 is 0. The maximum absolute atomic E-state index is 13.3. The normalized spacial score (nSPS) is 10.6. The molecule has 6 heteroatoms. The molecule has 1 aromatic carbocycles. The Kier molecular flexibility index (Phi) is 2.80. The van der Waals surface area contributed by atoms with E-state index in [9.17, 15) is 9.18 Å². The minimum absolute atomic E-state index is 0.0269. The minimum Gasteiger partial charge on any atom is -0.308 e. The molecule has 0 aliphatic rings. The number of hydrogen-bond acceptors (Lipinski definition) is 3. The predicted octanol–water partition coefficient (Wildman–Crippen LogP) is 1.56. The predicted molar refractivity (Wildman–Crippen MR) is 69.7 cm³/mol. The van der Waals surface area contributed by atoms with Crippen LogP contribution in [0.3, 0.4) is 0 Å². The molecule has 3 rings (SSSR count). The molecule has 20 heavy (non-hydrogen) atoms. The molecule has 5 nitrogen and oxygen atoms in total. The van der Waals surface area contributed by atoms with E-state index in [-0.39, 0.29) is 17.7 Å². The summed E-state index contributed by atoms with van der Waals surface area (Å²) in [5.74, 6) is -0.560. The van der Waals surface area contributed by atoms with Gasteiger partial charge in [-0.3, -0.25) is 4.79 Å². The third kappa shape index (κ3) is 1.95. The van der Waals surface area contributed by atoms with Crippen molar-refractivity contribution >= 4 is 5.52 Å². The molecule has 0 saturated carbocycles. The highest BCUT2D eigenvalue weighted by Crippen LogP contribution is 2.10. The molecule has 0 aliphatic heterocycles. The van der Waals surface area contributed by atoms with Crippen LogP contribution < -0.4 is 5.56 Å². The molecule has 0 fully saturated rings. The van der Waals surface area contributed by atoms with Gasteiger partial charge in [-0.05, 0) is 23.8 Å². The zero-order valence-electron chi connectivity index (χ0n) is 10.3. The number of halogens is 1. The number of nitriles is 1. The Morgan fingerprint density at radius 3 is 2.95 bits per heavy atom. The first kappa shape index (κ1) is 12.1. The van der Waals surface area contributed by atoms with E-state index in [1.807, 2.05) is 0 Å². The molecule has 0 atom stereocenters. The van der Waals surface area contributed by atoms with Crippen molar-refractivity contribution in [2.75, 3.05) is 0 Å². The lowest BCUT2D eigenvalue weighted by Crippen LogP contribution is -2.21. The Balaban J connectivity index is 2.03. The summed E-state index contributed by atoms with van der Waals surface area (Å²) in [6.45, 7) is 0.273. The lowest BCUT2D eigenvalue weighted by atomic mass is 10.1. The third-order valence-corrected chi connectivity index (χ3v) is 3.04. The first-order valence-corrected chi connectivity index (χ1v) is 5.90. The van der Waals surface area contributed by atoms with E-state index in [1.165, 1.54) is 21.2 Å². The number of benzene rings is 1. The molecule has 0 spiro atoms. The van der Waals surface area contributed by atoms with E-state index in [0.29, 0.717) is 11.1 Å². The van der Waals surface area contributed by atoms with Crippen molar-refractivity contribution in [2.24, 2.45) is 0 Å². The molecule has 3 aromatic rings. The van der Waals surface area contributed by atoms with Gasteiger partial charge in [0.1, 0.15) is 17.4 Å². The van der Waals surface area contributed by atoms with Crippen LogP contribution in [-0.2, 0) is 6.54 Å². The zero-order chi connectivity index (χ0) is 14.1. The SMILES string of the molecule is N#Cc1cc(Cn2ccn3nccc3c2=O)ccc1F. The number of rotatable bonds is 2. The molecule has 2 aromatic heterocycles. The van der Waals surface area contributed by atoms with Crippen LogP contribution in [0.1, 0.15) is 11.1 Å². The van der Waals surface area contributed by atoms with Gasteiger partial charge in [-0.1, -0.05) is 6.07 Å². The fourth-order valence-corrected chi connectivity index (χ4v) is 2.04. The topological polar surface area (TPSA) is 63.1 Å². The number of nitrogens with zero attached hydrogens (tertiary/aromatic N) is 4. The molecule has 0 saturated heterocycles. The average molecular weight is 268 g/mol. The van der Waals surface area contributed by atoms with Gasteiger partial charge >= 0.3 is 0 Å². The quantitative estimate of drug-likeness (QED) is 0.708. The highest BCUT2D eigenvalue weighted by molar-refractivity contribution is 5.42. The molecular formula is C14H9FN4O. The maximum atomic E-state index is 13.3. The van der Waals surface area contributed by atoms with Gasteiger partial charge in [0.25, 0.3) is 5.56 Å². The van der Waals surface area contributed by atoms with Crippen LogP contribution in [0.25, 0.3) is 5.52 Å². The van der Waals surface area contributed by atoms with E-state index in [1.54, 1.807) is 36.8 Å². The Morgan fingerprint density at radius 1 is 1.30 bits per heavy atom. The molecule has 0 unspecified atom stereocenters. The molecule has 2 heterocycles. The Labute approximate surface area is 113 Å². The van der Waals surface area contributed by atoms with Crippen LogP contribution in [0.15, 0.2) is 47.7 Å². The van der Waals surface area contributed by atoms with E-state index in [2.05, 4.69) is 5.10 Å². The van der Waals surface area contributed by atoms with Crippen LogP contribution in [0.2, 0.25) is 0 Å². The van der Waals surface area contributed by atoms with Gasteiger partial charge in [0.15, 0.2) is 0 Å². The number of aromatic nitrogens is 3. The van der Waals surface area contributed by atoms with Crippen LogP contribution >= 0.6 is 0 Å². The van der Waals surface area contributed by atoms with Crippen molar-refractivity contribution < 1.29 is 4.39 Å². The van der Waals surface area contributed by atoms with Crippen LogP contribution in [-0.4, -0.2) is 14.2 Å².